The molecule has 0 saturated carbocycles. The third-order valence-corrected chi connectivity index (χ3v) is 7.22. The molecule has 0 bridgehead atoms. The minimum Gasteiger partial charge on any atom is -0.491 e. The fraction of sp³-hybridized carbons (Fsp3) is 0.259. The molecule has 0 amide bonds. The van der Waals surface area contributed by atoms with E-state index in [2.05, 4.69) is 15.0 Å². The first kappa shape index (κ1) is 23.4. The van der Waals surface area contributed by atoms with Crippen LogP contribution in [0.4, 0.5) is 5.82 Å². The molecule has 0 spiro atoms. The summed E-state index contributed by atoms with van der Waals surface area (Å²) in [4.78, 5) is 30.2. The SMILES string of the molecule is CC(C)Oc1cccc(-c2cc(=O)n(-c3nc(N4CCOCC4)c4sc(-c5ccncc5)cc4n3)[nH]2)c1. The van der Waals surface area contributed by atoms with Gasteiger partial charge in [-0.15, -0.1) is 11.3 Å². The van der Waals surface area contributed by atoms with Crippen LogP contribution < -0.4 is 15.2 Å². The Labute approximate surface area is 217 Å². The number of hydrogen-bond donors (Lipinski definition) is 1. The molecule has 0 radical (unpaired) electrons. The molecule has 9 nitrogen and oxygen atoms in total. The van der Waals surface area contributed by atoms with Gasteiger partial charge in [0.15, 0.2) is 5.82 Å². The van der Waals surface area contributed by atoms with Crippen molar-refractivity contribution in [3.8, 4) is 33.4 Å². The maximum atomic E-state index is 13.1. The average molecular weight is 515 g/mol. The summed E-state index contributed by atoms with van der Waals surface area (Å²) in [5.41, 5.74) is 3.13. The van der Waals surface area contributed by atoms with Crippen LogP contribution in [0.15, 0.2) is 65.7 Å². The van der Waals surface area contributed by atoms with E-state index in [0.29, 0.717) is 24.9 Å². The van der Waals surface area contributed by atoms with Crippen molar-refractivity contribution in [2.24, 2.45) is 0 Å². The molecular weight excluding hydrogens is 488 g/mol. The standard InChI is InChI=1S/C27H26N6O3S/c1-17(2)36-20-5-3-4-19(14-20)21-16-24(34)33(31-21)27-29-22-15-23(18-6-8-28-9-7-18)37-25(22)26(30-27)32-10-12-35-13-11-32/h3-9,14-17,31H,10-13H2,1-2H3. The van der Waals surface area contributed by atoms with Gasteiger partial charge < -0.3 is 14.4 Å². The molecule has 188 valence electrons. The van der Waals surface area contributed by atoms with Gasteiger partial charge in [0, 0.05) is 42.0 Å². The van der Waals surface area contributed by atoms with Crippen LogP contribution in [0.5, 0.6) is 5.75 Å². The predicted molar refractivity (Wildman–Crippen MR) is 145 cm³/mol. The first-order chi connectivity index (χ1) is 18.0. The largest absolute Gasteiger partial charge is 0.491 e. The Hall–Kier alpha value is -4.02. The third kappa shape index (κ3) is 4.73. The summed E-state index contributed by atoms with van der Waals surface area (Å²) in [5.74, 6) is 1.86. The summed E-state index contributed by atoms with van der Waals surface area (Å²) in [6.07, 6.45) is 3.61. The number of benzene rings is 1. The number of nitrogens with zero attached hydrogens (tertiary/aromatic N) is 5. The van der Waals surface area contributed by atoms with Crippen molar-refractivity contribution in [1.29, 1.82) is 0 Å². The highest BCUT2D eigenvalue weighted by atomic mass is 32.1. The van der Waals surface area contributed by atoms with E-state index in [1.165, 1.54) is 4.68 Å². The van der Waals surface area contributed by atoms with Gasteiger partial charge in [-0.3, -0.25) is 14.9 Å². The van der Waals surface area contributed by atoms with Gasteiger partial charge in [-0.25, -0.2) is 4.98 Å². The lowest BCUT2D eigenvalue weighted by Gasteiger charge is -2.28. The molecule has 0 atom stereocenters. The number of morpholine rings is 1. The minimum absolute atomic E-state index is 0.0558. The zero-order valence-electron chi connectivity index (χ0n) is 20.5. The van der Waals surface area contributed by atoms with Crippen molar-refractivity contribution in [1.82, 2.24) is 24.7 Å². The molecule has 0 aliphatic carbocycles. The van der Waals surface area contributed by atoms with E-state index >= 15 is 0 Å². The van der Waals surface area contributed by atoms with E-state index in [9.17, 15) is 4.79 Å². The maximum Gasteiger partial charge on any atom is 0.274 e. The Morgan fingerprint density at radius 3 is 2.62 bits per heavy atom. The van der Waals surface area contributed by atoms with Crippen molar-refractivity contribution in [3.63, 3.8) is 0 Å². The molecule has 1 aliphatic heterocycles. The number of rotatable bonds is 6. The van der Waals surface area contributed by atoms with Crippen LogP contribution in [0.1, 0.15) is 13.8 Å². The first-order valence-corrected chi connectivity index (χ1v) is 13.0. The maximum absolute atomic E-state index is 13.1. The first-order valence-electron chi connectivity index (χ1n) is 12.2. The lowest BCUT2D eigenvalue weighted by molar-refractivity contribution is 0.122. The topological polar surface area (TPSA) is 98.2 Å². The van der Waals surface area contributed by atoms with E-state index in [0.717, 1.165) is 50.9 Å². The lowest BCUT2D eigenvalue weighted by Crippen LogP contribution is -2.37. The second-order valence-corrected chi connectivity index (χ2v) is 10.1. The van der Waals surface area contributed by atoms with Gasteiger partial charge in [0.25, 0.3) is 11.5 Å². The molecule has 5 aromatic rings. The van der Waals surface area contributed by atoms with Crippen molar-refractivity contribution >= 4 is 27.4 Å². The van der Waals surface area contributed by atoms with Crippen LogP contribution in [0.25, 0.3) is 37.9 Å². The van der Waals surface area contributed by atoms with Gasteiger partial charge in [0.2, 0.25) is 0 Å². The van der Waals surface area contributed by atoms with Crippen LogP contribution in [0.3, 0.4) is 0 Å². The number of thiophene rings is 1. The van der Waals surface area contributed by atoms with Crippen molar-refractivity contribution in [2.75, 3.05) is 31.2 Å². The van der Waals surface area contributed by atoms with Crippen molar-refractivity contribution in [3.05, 3.63) is 71.3 Å². The van der Waals surface area contributed by atoms with E-state index in [1.807, 2.05) is 56.3 Å². The number of hydrogen-bond acceptors (Lipinski definition) is 8. The Morgan fingerprint density at radius 2 is 1.84 bits per heavy atom. The Kier molecular flexibility index (Phi) is 6.19. The zero-order chi connectivity index (χ0) is 25.4. The van der Waals surface area contributed by atoms with E-state index in [1.54, 1.807) is 29.8 Å². The molecule has 37 heavy (non-hydrogen) atoms. The molecule has 0 unspecified atom stereocenters. The number of aromatic amines is 1. The number of nitrogens with one attached hydrogen (secondary N) is 1. The van der Waals surface area contributed by atoms with Crippen LogP contribution >= 0.6 is 11.3 Å². The number of H-pyrrole nitrogens is 1. The summed E-state index contributed by atoms with van der Waals surface area (Å²) in [7, 11) is 0. The summed E-state index contributed by atoms with van der Waals surface area (Å²) in [6.45, 7) is 6.67. The summed E-state index contributed by atoms with van der Waals surface area (Å²) >= 11 is 1.64. The van der Waals surface area contributed by atoms with Gasteiger partial charge in [0.05, 0.1) is 35.2 Å². The normalized spacial score (nSPS) is 14.0. The van der Waals surface area contributed by atoms with Crippen LogP contribution in [-0.2, 0) is 4.74 Å². The van der Waals surface area contributed by atoms with Gasteiger partial charge in [-0.2, -0.15) is 9.67 Å². The Morgan fingerprint density at radius 1 is 1.03 bits per heavy atom. The fourth-order valence-corrected chi connectivity index (χ4v) is 5.47. The number of fused-ring (bicyclic) bond motifs is 1. The Bertz CT molecular complexity index is 1600. The van der Waals surface area contributed by atoms with Gasteiger partial charge in [-0.1, -0.05) is 12.1 Å². The molecule has 5 heterocycles. The highest BCUT2D eigenvalue weighted by Crippen LogP contribution is 2.37. The Balaban J connectivity index is 1.45. The molecule has 1 aromatic carbocycles. The van der Waals surface area contributed by atoms with E-state index in [4.69, 9.17) is 19.4 Å². The summed E-state index contributed by atoms with van der Waals surface area (Å²) in [5, 5.41) is 3.20. The number of ether oxygens (including phenoxy) is 2. The zero-order valence-corrected chi connectivity index (χ0v) is 21.4. The molecule has 4 aromatic heterocycles. The predicted octanol–water partition coefficient (Wildman–Crippen LogP) is 4.52. The molecule has 6 rings (SSSR count). The highest BCUT2D eigenvalue weighted by Gasteiger charge is 2.21. The molecule has 1 N–H and O–H groups in total. The third-order valence-electron chi connectivity index (χ3n) is 6.05. The fourth-order valence-electron chi connectivity index (χ4n) is 4.35. The smallest absolute Gasteiger partial charge is 0.274 e. The molecule has 1 fully saturated rings. The van der Waals surface area contributed by atoms with Crippen molar-refractivity contribution in [2.45, 2.75) is 20.0 Å². The number of pyridine rings is 1. The molecule has 1 aliphatic rings. The quantitative estimate of drug-likeness (QED) is 0.356. The molecule has 1 saturated heterocycles. The van der Waals surface area contributed by atoms with Crippen molar-refractivity contribution < 1.29 is 9.47 Å². The lowest BCUT2D eigenvalue weighted by atomic mass is 10.1. The van der Waals surface area contributed by atoms with Crippen LogP contribution in [0, 0.1) is 0 Å². The molecule has 10 heteroatoms. The average Bonchev–Trinajstić information content (AvgIpc) is 3.53. The monoisotopic (exact) mass is 514 g/mol. The van der Waals surface area contributed by atoms with E-state index < -0.39 is 0 Å². The second kappa shape index (κ2) is 9.79. The molecular formula is C27H26N6O3S. The van der Waals surface area contributed by atoms with E-state index in [-0.39, 0.29) is 11.7 Å². The summed E-state index contributed by atoms with van der Waals surface area (Å²) < 4.78 is 13.8. The second-order valence-electron chi connectivity index (χ2n) is 9.05. The van der Waals surface area contributed by atoms with Crippen LogP contribution in [-0.4, -0.2) is 57.1 Å². The summed E-state index contributed by atoms with van der Waals surface area (Å²) in [6, 6.07) is 15.2. The highest BCUT2D eigenvalue weighted by molar-refractivity contribution is 7.22. The van der Waals surface area contributed by atoms with Gasteiger partial charge in [-0.05, 0) is 49.7 Å². The number of anilines is 1. The van der Waals surface area contributed by atoms with Crippen LogP contribution in [0.2, 0.25) is 0 Å². The van der Waals surface area contributed by atoms with Gasteiger partial charge in [0.1, 0.15) is 5.75 Å². The van der Waals surface area contributed by atoms with Gasteiger partial charge >= 0.3 is 0 Å². The minimum atomic E-state index is -0.234. The number of aromatic nitrogens is 5.